The second kappa shape index (κ2) is 7.76. The Morgan fingerprint density at radius 2 is 1.84 bits per heavy atom. The molecule has 0 bridgehead atoms. The summed E-state index contributed by atoms with van der Waals surface area (Å²) in [6.07, 6.45) is 0. The van der Waals surface area contributed by atoms with Gasteiger partial charge >= 0.3 is 6.03 Å². The lowest BCUT2D eigenvalue weighted by atomic mass is 10.1. The van der Waals surface area contributed by atoms with Crippen molar-refractivity contribution in [2.24, 2.45) is 0 Å². The fourth-order valence-electron chi connectivity index (χ4n) is 2.16. The van der Waals surface area contributed by atoms with Crippen LogP contribution < -0.4 is 15.4 Å². The third-order valence-corrected chi connectivity index (χ3v) is 4.44. The van der Waals surface area contributed by atoms with Gasteiger partial charge in [-0.25, -0.2) is 4.79 Å². The zero-order chi connectivity index (χ0) is 17.6. The summed E-state index contributed by atoms with van der Waals surface area (Å²) in [6.45, 7) is 4.37. The minimum absolute atomic E-state index is 0.309. The average Bonchev–Trinajstić information content (AvgIpc) is 3.04. The van der Waals surface area contributed by atoms with E-state index in [0.29, 0.717) is 22.4 Å². The Labute approximate surface area is 149 Å². The quantitative estimate of drug-likeness (QED) is 0.713. The number of ether oxygens (including phenoxy) is 1. The van der Waals surface area contributed by atoms with Gasteiger partial charge in [0.1, 0.15) is 12.4 Å². The van der Waals surface area contributed by atoms with Crippen LogP contribution in [0.25, 0.3) is 0 Å². The van der Waals surface area contributed by atoms with Crippen molar-refractivity contribution in [3.05, 3.63) is 64.7 Å². The molecular weight excluding hydrogens is 336 g/mol. The van der Waals surface area contributed by atoms with Crippen molar-refractivity contribution >= 4 is 28.2 Å². The molecular formula is C18H18N4O2S. The molecule has 0 aliphatic heterocycles. The molecule has 0 aliphatic rings. The molecule has 7 heteroatoms. The summed E-state index contributed by atoms with van der Waals surface area (Å²) in [6, 6.07) is 14.8. The van der Waals surface area contributed by atoms with E-state index in [1.165, 1.54) is 16.9 Å². The van der Waals surface area contributed by atoms with Crippen LogP contribution >= 0.6 is 11.3 Å². The third kappa shape index (κ3) is 4.54. The molecule has 0 spiro atoms. The topological polar surface area (TPSA) is 76.1 Å². The molecule has 0 unspecified atom stereocenters. The number of para-hydroxylation sites is 1. The summed E-state index contributed by atoms with van der Waals surface area (Å²) in [4.78, 5) is 11.9. The molecule has 2 amide bonds. The standard InChI is InChI=1S/C18H18N4O2S/c1-12-7-6-10-15(13(12)2)24-11-16-21-22-18(25-16)20-17(23)19-14-8-4-3-5-9-14/h3-10H,11H2,1-2H3,(H2,19,20,22,23). The number of benzene rings is 2. The number of carbonyl (C=O) groups excluding carboxylic acids is 1. The molecule has 2 N–H and O–H groups in total. The number of carbonyl (C=O) groups is 1. The van der Waals surface area contributed by atoms with Crippen LogP contribution in [-0.2, 0) is 6.61 Å². The predicted octanol–water partition coefficient (Wildman–Crippen LogP) is 4.38. The van der Waals surface area contributed by atoms with E-state index < -0.39 is 0 Å². The van der Waals surface area contributed by atoms with Gasteiger partial charge in [0.25, 0.3) is 0 Å². The Morgan fingerprint density at radius 3 is 2.64 bits per heavy atom. The van der Waals surface area contributed by atoms with Gasteiger partial charge in [-0.3, -0.25) is 5.32 Å². The first-order valence-corrected chi connectivity index (χ1v) is 8.58. The molecule has 1 aromatic heterocycles. The molecule has 0 saturated carbocycles. The van der Waals surface area contributed by atoms with E-state index in [4.69, 9.17) is 4.74 Å². The number of anilines is 2. The number of amides is 2. The van der Waals surface area contributed by atoms with Gasteiger partial charge in [-0.05, 0) is 43.2 Å². The highest BCUT2D eigenvalue weighted by Gasteiger charge is 2.10. The molecule has 3 rings (SSSR count). The number of aryl methyl sites for hydroxylation is 1. The molecule has 25 heavy (non-hydrogen) atoms. The summed E-state index contributed by atoms with van der Waals surface area (Å²) >= 11 is 1.28. The Morgan fingerprint density at radius 1 is 1.04 bits per heavy atom. The van der Waals surface area contributed by atoms with Crippen LogP contribution in [0.4, 0.5) is 15.6 Å². The summed E-state index contributed by atoms with van der Waals surface area (Å²) < 4.78 is 5.80. The lowest BCUT2D eigenvalue weighted by Crippen LogP contribution is -2.19. The summed E-state index contributed by atoms with van der Waals surface area (Å²) in [5.74, 6) is 0.825. The van der Waals surface area contributed by atoms with E-state index in [-0.39, 0.29) is 6.03 Å². The van der Waals surface area contributed by atoms with E-state index >= 15 is 0 Å². The number of rotatable bonds is 5. The van der Waals surface area contributed by atoms with Crippen LogP contribution in [0, 0.1) is 13.8 Å². The van der Waals surface area contributed by atoms with Crippen molar-refractivity contribution in [3.8, 4) is 5.75 Å². The number of nitrogens with one attached hydrogen (secondary N) is 2. The van der Waals surface area contributed by atoms with Gasteiger partial charge < -0.3 is 10.1 Å². The van der Waals surface area contributed by atoms with Crippen LogP contribution in [0.3, 0.4) is 0 Å². The van der Waals surface area contributed by atoms with Crippen LogP contribution in [0.15, 0.2) is 48.5 Å². The average molecular weight is 354 g/mol. The molecule has 1 heterocycles. The number of hydrogen-bond acceptors (Lipinski definition) is 5. The van der Waals surface area contributed by atoms with Gasteiger partial charge in [-0.15, -0.1) is 10.2 Å². The fraction of sp³-hybridized carbons (Fsp3) is 0.167. The van der Waals surface area contributed by atoms with Gasteiger partial charge in [-0.2, -0.15) is 0 Å². The summed E-state index contributed by atoms with van der Waals surface area (Å²) in [7, 11) is 0. The summed E-state index contributed by atoms with van der Waals surface area (Å²) in [5, 5.41) is 14.5. The molecule has 3 aromatic rings. The SMILES string of the molecule is Cc1cccc(OCc2nnc(NC(=O)Nc3ccccc3)s2)c1C. The second-order valence-corrected chi connectivity index (χ2v) is 6.49. The van der Waals surface area contributed by atoms with Crippen molar-refractivity contribution in [3.63, 3.8) is 0 Å². The predicted molar refractivity (Wildman–Crippen MR) is 99.2 cm³/mol. The summed E-state index contributed by atoms with van der Waals surface area (Å²) in [5.41, 5.74) is 2.99. The largest absolute Gasteiger partial charge is 0.486 e. The lowest BCUT2D eigenvalue weighted by molar-refractivity contribution is 0.262. The van der Waals surface area contributed by atoms with Gasteiger partial charge in [0.15, 0.2) is 5.01 Å². The van der Waals surface area contributed by atoms with Gasteiger partial charge in [0.2, 0.25) is 5.13 Å². The zero-order valence-corrected chi connectivity index (χ0v) is 14.8. The van der Waals surface area contributed by atoms with Crippen molar-refractivity contribution < 1.29 is 9.53 Å². The molecule has 0 radical (unpaired) electrons. The van der Waals surface area contributed by atoms with Crippen LogP contribution in [0.5, 0.6) is 5.75 Å². The molecule has 0 atom stereocenters. The van der Waals surface area contributed by atoms with Crippen LogP contribution in [0.1, 0.15) is 16.1 Å². The minimum Gasteiger partial charge on any atom is -0.486 e. The zero-order valence-electron chi connectivity index (χ0n) is 13.9. The van der Waals surface area contributed by atoms with Crippen molar-refractivity contribution in [1.29, 1.82) is 0 Å². The van der Waals surface area contributed by atoms with E-state index in [9.17, 15) is 4.79 Å². The van der Waals surface area contributed by atoms with Gasteiger partial charge in [-0.1, -0.05) is 41.7 Å². The first-order valence-electron chi connectivity index (χ1n) is 7.76. The van der Waals surface area contributed by atoms with Crippen LogP contribution in [0.2, 0.25) is 0 Å². The highest BCUT2D eigenvalue weighted by molar-refractivity contribution is 7.15. The maximum Gasteiger partial charge on any atom is 0.325 e. The van der Waals surface area contributed by atoms with E-state index in [1.807, 2.05) is 62.4 Å². The van der Waals surface area contributed by atoms with Crippen molar-refractivity contribution in [2.75, 3.05) is 10.6 Å². The maximum atomic E-state index is 11.9. The van der Waals surface area contributed by atoms with Crippen molar-refractivity contribution in [2.45, 2.75) is 20.5 Å². The fourth-order valence-corrected chi connectivity index (χ4v) is 2.81. The normalized spacial score (nSPS) is 10.3. The molecule has 0 fully saturated rings. The van der Waals surface area contributed by atoms with E-state index in [2.05, 4.69) is 20.8 Å². The Hall–Kier alpha value is -2.93. The molecule has 0 saturated heterocycles. The molecule has 6 nitrogen and oxygen atoms in total. The molecule has 0 aliphatic carbocycles. The Kier molecular flexibility index (Phi) is 5.25. The number of hydrogen-bond donors (Lipinski definition) is 2. The van der Waals surface area contributed by atoms with Gasteiger partial charge in [0, 0.05) is 5.69 Å². The Balaban J connectivity index is 1.55. The monoisotopic (exact) mass is 354 g/mol. The van der Waals surface area contributed by atoms with E-state index in [1.54, 1.807) is 0 Å². The maximum absolute atomic E-state index is 11.9. The highest BCUT2D eigenvalue weighted by Crippen LogP contribution is 2.23. The first-order chi connectivity index (χ1) is 12.1. The third-order valence-electron chi connectivity index (χ3n) is 3.63. The second-order valence-electron chi connectivity index (χ2n) is 5.43. The first kappa shape index (κ1) is 16.9. The lowest BCUT2D eigenvalue weighted by Gasteiger charge is -2.09. The smallest absolute Gasteiger partial charge is 0.325 e. The van der Waals surface area contributed by atoms with Crippen molar-refractivity contribution in [1.82, 2.24) is 10.2 Å². The molecule has 128 valence electrons. The number of urea groups is 1. The van der Waals surface area contributed by atoms with Gasteiger partial charge in [0.05, 0.1) is 0 Å². The highest BCUT2D eigenvalue weighted by atomic mass is 32.1. The molecule has 2 aromatic carbocycles. The number of aromatic nitrogens is 2. The minimum atomic E-state index is -0.357. The number of nitrogens with zero attached hydrogens (tertiary/aromatic N) is 2. The van der Waals surface area contributed by atoms with Crippen LogP contribution in [-0.4, -0.2) is 16.2 Å². The van der Waals surface area contributed by atoms with E-state index in [0.717, 1.165) is 11.3 Å². The Bertz CT molecular complexity index is 865.